The Kier molecular flexibility index (Phi) is 4.12. The van der Waals surface area contributed by atoms with Crippen LogP contribution >= 0.6 is 0 Å². The van der Waals surface area contributed by atoms with Crippen LogP contribution in [0, 0.1) is 6.92 Å². The maximum atomic E-state index is 11.9. The Hall–Kier alpha value is -1.65. The molecule has 18 heavy (non-hydrogen) atoms. The van der Waals surface area contributed by atoms with E-state index in [9.17, 15) is 4.79 Å². The van der Waals surface area contributed by atoms with E-state index >= 15 is 0 Å². The molecular weight excluding hydrogens is 228 g/mol. The van der Waals surface area contributed by atoms with Crippen molar-refractivity contribution in [2.24, 2.45) is 0 Å². The van der Waals surface area contributed by atoms with Gasteiger partial charge in [-0.25, -0.2) is 9.97 Å². The smallest absolute Gasteiger partial charge is 0.270 e. The van der Waals surface area contributed by atoms with E-state index in [1.165, 1.54) is 0 Å². The number of aryl methyl sites for hydroxylation is 1. The Balaban J connectivity index is 2.02. The Morgan fingerprint density at radius 2 is 2.22 bits per heavy atom. The number of nitrogens with zero attached hydrogens (tertiary/aromatic N) is 2. The largest absolute Gasteiger partial charge is 0.370 e. The predicted molar refractivity (Wildman–Crippen MR) is 70.7 cm³/mol. The summed E-state index contributed by atoms with van der Waals surface area (Å²) in [5, 5.41) is 6.15. The third-order valence-electron chi connectivity index (χ3n) is 2.82. The molecule has 1 saturated carbocycles. The van der Waals surface area contributed by atoms with E-state index in [0.717, 1.165) is 38.0 Å². The van der Waals surface area contributed by atoms with Crippen LogP contribution in [0.3, 0.4) is 0 Å². The molecule has 1 amide bonds. The normalized spacial score (nSPS) is 14.3. The van der Waals surface area contributed by atoms with Gasteiger partial charge in [0.15, 0.2) is 0 Å². The summed E-state index contributed by atoms with van der Waals surface area (Å²) in [5.41, 5.74) is 0.452. The molecule has 5 nitrogen and oxygen atoms in total. The fourth-order valence-corrected chi connectivity index (χ4v) is 1.65. The summed E-state index contributed by atoms with van der Waals surface area (Å²) >= 11 is 0. The molecule has 1 aliphatic rings. The summed E-state index contributed by atoms with van der Waals surface area (Å²) in [6.45, 7) is 4.82. The number of hydrogen-bond acceptors (Lipinski definition) is 4. The second kappa shape index (κ2) is 5.80. The zero-order valence-electron chi connectivity index (χ0n) is 11.0. The lowest BCUT2D eigenvalue weighted by atomic mass is 10.3. The lowest BCUT2D eigenvalue weighted by molar-refractivity contribution is 0.0945. The van der Waals surface area contributed by atoms with Crippen molar-refractivity contribution in [1.82, 2.24) is 15.3 Å². The number of amides is 1. The standard InChI is InChI=1S/C13H20N4O/c1-3-4-7-14-12-8-11(15-9(2)16-12)13(18)17-10-5-6-10/h8,10H,3-7H2,1-2H3,(H,17,18)(H,14,15,16). The zero-order chi connectivity index (χ0) is 13.0. The average molecular weight is 248 g/mol. The molecule has 1 heterocycles. The van der Waals surface area contributed by atoms with E-state index < -0.39 is 0 Å². The molecule has 1 aromatic heterocycles. The molecule has 2 N–H and O–H groups in total. The summed E-state index contributed by atoms with van der Waals surface area (Å²) in [7, 11) is 0. The van der Waals surface area contributed by atoms with Gasteiger partial charge in [0, 0.05) is 18.7 Å². The van der Waals surface area contributed by atoms with Gasteiger partial charge >= 0.3 is 0 Å². The Morgan fingerprint density at radius 3 is 2.89 bits per heavy atom. The van der Waals surface area contributed by atoms with Gasteiger partial charge in [0.25, 0.3) is 5.91 Å². The van der Waals surface area contributed by atoms with Crippen molar-refractivity contribution in [3.05, 3.63) is 17.6 Å². The maximum absolute atomic E-state index is 11.9. The fourth-order valence-electron chi connectivity index (χ4n) is 1.65. The number of carbonyl (C=O) groups is 1. The number of hydrogen-bond donors (Lipinski definition) is 2. The third kappa shape index (κ3) is 3.68. The molecule has 2 rings (SSSR count). The Bertz CT molecular complexity index is 429. The molecule has 0 aromatic carbocycles. The number of nitrogens with one attached hydrogen (secondary N) is 2. The lowest BCUT2D eigenvalue weighted by Gasteiger charge is -2.08. The Labute approximate surface area is 107 Å². The van der Waals surface area contributed by atoms with Crippen molar-refractivity contribution in [3.8, 4) is 0 Å². The van der Waals surface area contributed by atoms with E-state index in [-0.39, 0.29) is 5.91 Å². The number of unbranched alkanes of at least 4 members (excludes halogenated alkanes) is 1. The zero-order valence-corrected chi connectivity index (χ0v) is 11.0. The first-order valence-electron chi connectivity index (χ1n) is 6.59. The first-order valence-corrected chi connectivity index (χ1v) is 6.59. The van der Waals surface area contributed by atoms with Crippen LogP contribution in [0.25, 0.3) is 0 Å². The number of carbonyl (C=O) groups excluding carboxylic acids is 1. The molecular formula is C13H20N4O. The van der Waals surface area contributed by atoms with Gasteiger partial charge in [-0.15, -0.1) is 0 Å². The van der Waals surface area contributed by atoms with Gasteiger partial charge in [0.2, 0.25) is 0 Å². The molecule has 1 aromatic rings. The Morgan fingerprint density at radius 1 is 1.44 bits per heavy atom. The van der Waals surface area contributed by atoms with E-state index in [0.29, 0.717) is 17.6 Å². The van der Waals surface area contributed by atoms with Crippen LogP contribution in [0.2, 0.25) is 0 Å². The van der Waals surface area contributed by atoms with Crippen LogP contribution in [-0.2, 0) is 0 Å². The topological polar surface area (TPSA) is 66.9 Å². The van der Waals surface area contributed by atoms with E-state index in [4.69, 9.17) is 0 Å². The van der Waals surface area contributed by atoms with Gasteiger partial charge in [-0.2, -0.15) is 0 Å². The van der Waals surface area contributed by atoms with Crippen molar-refractivity contribution in [1.29, 1.82) is 0 Å². The SMILES string of the molecule is CCCCNc1cc(C(=O)NC2CC2)nc(C)n1. The van der Waals surface area contributed by atoms with Crippen molar-refractivity contribution >= 4 is 11.7 Å². The van der Waals surface area contributed by atoms with Gasteiger partial charge in [-0.05, 0) is 26.2 Å². The second-order valence-electron chi connectivity index (χ2n) is 4.71. The molecule has 0 aliphatic heterocycles. The highest BCUT2D eigenvalue weighted by Gasteiger charge is 2.24. The summed E-state index contributed by atoms with van der Waals surface area (Å²) < 4.78 is 0. The molecule has 0 bridgehead atoms. The van der Waals surface area contributed by atoms with Gasteiger partial charge in [-0.1, -0.05) is 13.3 Å². The second-order valence-corrected chi connectivity index (χ2v) is 4.71. The highest BCUT2D eigenvalue weighted by molar-refractivity contribution is 5.93. The average Bonchev–Trinajstić information content (AvgIpc) is 3.12. The quantitative estimate of drug-likeness (QED) is 0.754. The van der Waals surface area contributed by atoms with Crippen LogP contribution in [0.5, 0.6) is 0 Å². The van der Waals surface area contributed by atoms with E-state index in [2.05, 4.69) is 27.5 Å². The summed E-state index contributed by atoms with van der Waals surface area (Å²) in [4.78, 5) is 20.4. The van der Waals surface area contributed by atoms with Crippen LogP contribution in [0.15, 0.2) is 6.07 Å². The summed E-state index contributed by atoms with van der Waals surface area (Å²) in [6, 6.07) is 2.07. The van der Waals surface area contributed by atoms with Crippen molar-refractivity contribution in [2.75, 3.05) is 11.9 Å². The number of aromatic nitrogens is 2. The minimum absolute atomic E-state index is 0.0958. The molecule has 0 spiro atoms. The van der Waals surface area contributed by atoms with Crippen LogP contribution in [-0.4, -0.2) is 28.5 Å². The molecule has 1 fully saturated rings. The lowest BCUT2D eigenvalue weighted by Crippen LogP contribution is -2.26. The van der Waals surface area contributed by atoms with Crippen LogP contribution in [0.1, 0.15) is 48.9 Å². The van der Waals surface area contributed by atoms with Gasteiger partial charge in [-0.3, -0.25) is 4.79 Å². The maximum Gasteiger partial charge on any atom is 0.270 e. The predicted octanol–water partition coefficient (Wildman–Crippen LogP) is 1.89. The van der Waals surface area contributed by atoms with Crippen LogP contribution < -0.4 is 10.6 Å². The number of rotatable bonds is 6. The van der Waals surface area contributed by atoms with Crippen molar-refractivity contribution in [2.45, 2.75) is 45.6 Å². The first kappa shape index (κ1) is 12.8. The van der Waals surface area contributed by atoms with E-state index in [1.807, 2.05) is 0 Å². The third-order valence-corrected chi connectivity index (χ3v) is 2.82. The highest BCUT2D eigenvalue weighted by Crippen LogP contribution is 2.19. The van der Waals surface area contributed by atoms with E-state index in [1.54, 1.807) is 13.0 Å². The first-order chi connectivity index (χ1) is 8.69. The highest BCUT2D eigenvalue weighted by atomic mass is 16.2. The molecule has 0 radical (unpaired) electrons. The molecule has 98 valence electrons. The van der Waals surface area contributed by atoms with Crippen molar-refractivity contribution < 1.29 is 4.79 Å². The monoisotopic (exact) mass is 248 g/mol. The van der Waals surface area contributed by atoms with Gasteiger partial charge < -0.3 is 10.6 Å². The molecule has 1 aliphatic carbocycles. The molecule has 0 unspecified atom stereocenters. The van der Waals surface area contributed by atoms with Crippen LogP contribution in [0.4, 0.5) is 5.82 Å². The fraction of sp³-hybridized carbons (Fsp3) is 0.615. The number of anilines is 1. The molecule has 0 atom stereocenters. The minimum Gasteiger partial charge on any atom is -0.370 e. The van der Waals surface area contributed by atoms with Gasteiger partial charge in [0.1, 0.15) is 17.3 Å². The summed E-state index contributed by atoms with van der Waals surface area (Å²) in [5.74, 6) is 1.26. The minimum atomic E-state index is -0.0958. The molecule has 0 saturated heterocycles. The summed E-state index contributed by atoms with van der Waals surface area (Å²) in [6.07, 6.45) is 4.38. The molecule has 5 heteroatoms. The van der Waals surface area contributed by atoms with Gasteiger partial charge in [0.05, 0.1) is 0 Å². The van der Waals surface area contributed by atoms with Crippen molar-refractivity contribution in [3.63, 3.8) is 0 Å².